The topological polar surface area (TPSA) is 41.9 Å². The summed E-state index contributed by atoms with van der Waals surface area (Å²) in [5, 5.41) is 0. The summed E-state index contributed by atoms with van der Waals surface area (Å²) < 4.78 is 45.6. The van der Waals surface area contributed by atoms with Gasteiger partial charge in [0.1, 0.15) is 5.60 Å². The van der Waals surface area contributed by atoms with Crippen molar-refractivity contribution in [1.82, 2.24) is 4.90 Å². The van der Waals surface area contributed by atoms with E-state index in [1.54, 1.807) is 38.0 Å². The molecule has 1 amide bonds. The van der Waals surface area contributed by atoms with Crippen LogP contribution in [0.2, 0.25) is 0 Å². The lowest BCUT2D eigenvalue weighted by molar-refractivity contribution is -0.138. The Kier molecular flexibility index (Phi) is 4.08. The van der Waals surface area contributed by atoms with Crippen molar-refractivity contribution in [2.45, 2.75) is 50.8 Å². The van der Waals surface area contributed by atoms with Gasteiger partial charge >= 0.3 is 12.3 Å². The minimum absolute atomic E-state index is 0.242. The summed E-state index contributed by atoms with van der Waals surface area (Å²) in [5.74, 6) is 0. The lowest BCUT2D eigenvalue weighted by Crippen LogP contribution is -2.47. The molecule has 1 aromatic carbocycles. The van der Waals surface area contributed by atoms with Gasteiger partial charge in [0.25, 0.3) is 0 Å². The molecule has 0 atom stereocenters. The van der Waals surface area contributed by atoms with E-state index in [2.05, 4.69) is 4.99 Å². The molecule has 7 heteroatoms. The van der Waals surface area contributed by atoms with E-state index in [0.29, 0.717) is 31.6 Å². The van der Waals surface area contributed by atoms with Crippen molar-refractivity contribution in [2.24, 2.45) is 4.99 Å². The number of hydrogen-bond acceptors (Lipinski definition) is 3. The first kappa shape index (κ1) is 17.8. The van der Waals surface area contributed by atoms with Gasteiger partial charge in [0.05, 0.1) is 11.3 Å². The second-order valence-electron chi connectivity index (χ2n) is 7.58. The van der Waals surface area contributed by atoms with Crippen LogP contribution in [0.3, 0.4) is 0 Å². The fourth-order valence-electron chi connectivity index (χ4n) is 3.46. The van der Waals surface area contributed by atoms with Crippen molar-refractivity contribution in [2.75, 3.05) is 13.1 Å². The molecular weight excluding hydrogens is 333 g/mol. The van der Waals surface area contributed by atoms with E-state index in [1.807, 2.05) is 0 Å². The average molecular weight is 354 g/mol. The van der Waals surface area contributed by atoms with Gasteiger partial charge in [-0.1, -0.05) is 6.07 Å². The Balaban J connectivity index is 1.83. The highest BCUT2D eigenvalue weighted by Gasteiger charge is 2.47. The molecule has 1 saturated heterocycles. The molecule has 25 heavy (non-hydrogen) atoms. The van der Waals surface area contributed by atoms with E-state index in [-0.39, 0.29) is 5.56 Å². The Morgan fingerprint density at radius 3 is 2.40 bits per heavy atom. The zero-order chi connectivity index (χ0) is 18.5. The Morgan fingerprint density at radius 2 is 1.84 bits per heavy atom. The van der Waals surface area contributed by atoms with E-state index < -0.39 is 28.8 Å². The molecule has 0 radical (unpaired) electrons. The monoisotopic (exact) mass is 354 g/mol. The van der Waals surface area contributed by atoms with Crippen LogP contribution in [0.1, 0.15) is 44.7 Å². The highest BCUT2D eigenvalue weighted by atomic mass is 19.4. The van der Waals surface area contributed by atoms with E-state index >= 15 is 0 Å². The van der Waals surface area contributed by atoms with Gasteiger partial charge in [0.15, 0.2) is 0 Å². The zero-order valence-electron chi connectivity index (χ0n) is 14.5. The maximum absolute atomic E-state index is 13.4. The number of carbonyl (C=O) groups is 1. The smallest absolute Gasteiger partial charge is 0.416 e. The molecule has 0 bridgehead atoms. The Morgan fingerprint density at radius 1 is 1.20 bits per heavy atom. The first-order valence-corrected chi connectivity index (χ1v) is 8.26. The molecule has 2 aliphatic heterocycles. The first-order chi connectivity index (χ1) is 11.5. The number of ether oxygens (including phenoxy) is 1. The SMILES string of the molecule is CC(C)(C)OC(=O)N1CCC2(C=Nc3cccc(C(F)(F)F)c32)CC1. The van der Waals surface area contributed by atoms with E-state index in [4.69, 9.17) is 4.74 Å². The van der Waals surface area contributed by atoms with Gasteiger partial charge in [-0.15, -0.1) is 0 Å². The zero-order valence-corrected chi connectivity index (χ0v) is 14.5. The molecule has 0 unspecified atom stereocenters. The van der Waals surface area contributed by atoms with Crippen LogP contribution in [-0.2, 0) is 16.3 Å². The normalized spacial score (nSPS) is 19.2. The van der Waals surface area contributed by atoms with E-state index in [0.717, 1.165) is 6.07 Å². The Bertz CT molecular complexity index is 712. The van der Waals surface area contributed by atoms with Crippen molar-refractivity contribution in [3.8, 4) is 0 Å². The van der Waals surface area contributed by atoms with Crippen molar-refractivity contribution < 1.29 is 22.7 Å². The second kappa shape index (κ2) is 5.75. The Labute approximate surface area is 144 Å². The molecule has 0 aliphatic carbocycles. The van der Waals surface area contributed by atoms with Crippen molar-refractivity contribution in [1.29, 1.82) is 0 Å². The van der Waals surface area contributed by atoms with Crippen molar-refractivity contribution in [3.63, 3.8) is 0 Å². The van der Waals surface area contributed by atoms with Crippen LogP contribution in [-0.4, -0.2) is 35.9 Å². The summed E-state index contributed by atoms with van der Waals surface area (Å²) in [4.78, 5) is 18.0. The van der Waals surface area contributed by atoms with E-state index in [1.165, 1.54) is 6.07 Å². The maximum atomic E-state index is 13.4. The number of fused-ring (bicyclic) bond motifs is 2. The second-order valence-corrected chi connectivity index (χ2v) is 7.58. The molecule has 1 aromatic rings. The summed E-state index contributed by atoms with van der Waals surface area (Å²) in [6.07, 6.45) is -2.43. The van der Waals surface area contributed by atoms with Crippen LogP contribution in [0.5, 0.6) is 0 Å². The van der Waals surface area contributed by atoms with Gasteiger partial charge < -0.3 is 9.64 Å². The van der Waals surface area contributed by atoms with Gasteiger partial charge in [-0.3, -0.25) is 4.99 Å². The fraction of sp³-hybridized carbons (Fsp3) is 0.556. The molecule has 1 spiro atoms. The highest BCUT2D eigenvalue weighted by molar-refractivity contribution is 5.87. The molecule has 2 aliphatic rings. The van der Waals surface area contributed by atoms with Crippen LogP contribution in [0, 0.1) is 0 Å². The molecule has 136 valence electrons. The van der Waals surface area contributed by atoms with E-state index in [9.17, 15) is 18.0 Å². The highest BCUT2D eigenvalue weighted by Crippen LogP contribution is 2.49. The molecule has 4 nitrogen and oxygen atoms in total. The van der Waals surface area contributed by atoms with Crippen molar-refractivity contribution >= 4 is 18.0 Å². The molecule has 3 rings (SSSR count). The van der Waals surface area contributed by atoms with Gasteiger partial charge in [0.2, 0.25) is 0 Å². The number of aliphatic imine (C=N–C) groups is 1. The summed E-state index contributed by atoms with van der Waals surface area (Å²) >= 11 is 0. The van der Waals surface area contributed by atoms with Gasteiger partial charge in [-0.25, -0.2) is 4.79 Å². The number of amides is 1. The van der Waals surface area contributed by atoms with Gasteiger partial charge in [-0.05, 0) is 45.7 Å². The number of halogens is 3. The predicted molar refractivity (Wildman–Crippen MR) is 88.3 cm³/mol. The first-order valence-electron chi connectivity index (χ1n) is 8.26. The number of alkyl halides is 3. The molecule has 1 fully saturated rings. The molecule has 2 heterocycles. The number of carbonyl (C=O) groups excluding carboxylic acids is 1. The summed E-state index contributed by atoms with van der Waals surface area (Å²) in [5.41, 5.74) is -1.38. The van der Waals surface area contributed by atoms with Crippen molar-refractivity contribution in [3.05, 3.63) is 29.3 Å². The Hall–Kier alpha value is -2.05. The lowest BCUT2D eigenvalue weighted by atomic mass is 9.73. The summed E-state index contributed by atoms with van der Waals surface area (Å²) in [7, 11) is 0. The third-order valence-corrected chi connectivity index (χ3v) is 4.60. The van der Waals surface area contributed by atoms with Crippen LogP contribution in [0.25, 0.3) is 0 Å². The summed E-state index contributed by atoms with van der Waals surface area (Å²) in [6.45, 7) is 6.03. The molecule has 0 aromatic heterocycles. The third-order valence-electron chi connectivity index (χ3n) is 4.60. The van der Waals surface area contributed by atoms with Gasteiger partial charge in [0, 0.05) is 30.3 Å². The number of piperidine rings is 1. The van der Waals surface area contributed by atoms with Crippen LogP contribution in [0.4, 0.5) is 23.7 Å². The number of likely N-dealkylation sites (tertiary alicyclic amines) is 1. The minimum atomic E-state index is -4.42. The number of nitrogens with zero attached hydrogens (tertiary/aromatic N) is 2. The number of hydrogen-bond donors (Lipinski definition) is 0. The quantitative estimate of drug-likeness (QED) is 0.678. The van der Waals surface area contributed by atoms with Crippen LogP contribution < -0.4 is 0 Å². The fourth-order valence-corrected chi connectivity index (χ4v) is 3.46. The van der Waals surface area contributed by atoms with Crippen LogP contribution >= 0.6 is 0 Å². The standard InChI is InChI=1S/C18H21F3N2O2/c1-16(2,3)25-15(24)23-9-7-17(8-10-23)11-22-13-6-4-5-12(14(13)17)18(19,20)21/h4-6,11H,7-10H2,1-3H3. The minimum Gasteiger partial charge on any atom is -0.444 e. The maximum Gasteiger partial charge on any atom is 0.416 e. The molecule has 0 saturated carbocycles. The predicted octanol–water partition coefficient (Wildman–Crippen LogP) is 4.69. The van der Waals surface area contributed by atoms with Crippen LogP contribution in [0.15, 0.2) is 23.2 Å². The third kappa shape index (κ3) is 3.37. The molecular formula is C18H21F3N2O2. The molecule has 0 N–H and O–H groups in total. The number of rotatable bonds is 0. The average Bonchev–Trinajstić information content (AvgIpc) is 2.84. The number of benzene rings is 1. The summed E-state index contributed by atoms with van der Waals surface area (Å²) in [6, 6.07) is 4.10. The van der Waals surface area contributed by atoms with Gasteiger partial charge in [-0.2, -0.15) is 13.2 Å². The largest absolute Gasteiger partial charge is 0.444 e. The lowest BCUT2D eigenvalue weighted by Gasteiger charge is -2.39.